The summed E-state index contributed by atoms with van der Waals surface area (Å²) in [6.45, 7) is 0.186. The summed E-state index contributed by atoms with van der Waals surface area (Å²) < 4.78 is 66.9. The number of benzene rings is 1. The molecule has 10 heteroatoms. The first kappa shape index (κ1) is 17.3. The van der Waals surface area contributed by atoms with Crippen molar-refractivity contribution >= 4 is 5.91 Å². The number of amides is 1. The minimum atomic E-state index is -4.71. The van der Waals surface area contributed by atoms with Crippen LogP contribution in [0.2, 0.25) is 0 Å². The molecule has 0 aliphatic heterocycles. The van der Waals surface area contributed by atoms with Crippen LogP contribution in [-0.4, -0.2) is 28.5 Å². The Morgan fingerprint density at radius 2 is 1.92 bits per heavy atom. The van der Waals surface area contributed by atoms with E-state index in [2.05, 4.69) is 20.0 Å². The van der Waals surface area contributed by atoms with E-state index in [4.69, 9.17) is 0 Å². The molecule has 25 heavy (non-hydrogen) atoms. The van der Waals surface area contributed by atoms with Gasteiger partial charge in [-0.15, -0.1) is 0 Å². The summed E-state index contributed by atoms with van der Waals surface area (Å²) >= 11 is 0. The third-order valence-electron chi connectivity index (χ3n) is 3.74. The lowest BCUT2D eigenvalue weighted by Gasteiger charge is -2.05. The number of rotatable bonds is 5. The van der Waals surface area contributed by atoms with Crippen LogP contribution in [0.5, 0.6) is 0 Å². The van der Waals surface area contributed by atoms with Gasteiger partial charge >= 0.3 is 12.1 Å². The van der Waals surface area contributed by atoms with Crippen molar-refractivity contribution in [2.45, 2.75) is 24.9 Å². The quantitative estimate of drug-likeness (QED) is 0.831. The van der Waals surface area contributed by atoms with E-state index >= 15 is 0 Å². The van der Waals surface area contributed by atoms with Crippen LogP contribution < -0.4 is 5.32 Å². The number of carbonyl (C=O) groups excluding carboxylic acids is 1. The highest BCUT2D eigenvalue weighted by Gasteiger charge is 2.61. The Hall–Kier alpha value is -2.52. The minimum Gasteiger partial charge on any atom is -0.355 e. The molecule has 1 unspecified atom stereocenters. The molecule has 134 valence electrons. The smallest absolute Gasteiger partial charge is 0.355 e. The lowest BCUT2D eigenvalue weighted by molar-refractivity contribution is -0.159. The van der Waals surface area contributed by atoms with Gasteiger partial charge in [0.15, 0.2) is 0 Å². The second kappa shape index (κ2) is 6.08. The Labute approximate surface area is 138 Å². The zero-order chi connectivity index (χ0) is 18.2. The average molecular weight is 361 g/mol. The van der Waals surface area contributed by atoms with E-state index in [0.717, 1.165) is 5.56 Å². The summed E-state index contributed by atoms with van der Waals surface area (Å²) in [6, 6.07) is 6.27. The van der Waals surface area contributed by atoms with E-state index in [-0.39, 0.29) is 12.4 Å². The number of carbonyl (C=O) groups is 1. The first-order chi connectivity index (χ1) is 11.7. The molecule has 1 aliphatic rings. The van der Waals surface area contributed by atoms with Crippen molar-refractivity contribution in [3.8, 4) is 11.4 Å². The predicted octanol–water partition coefficient (Wildman–Crippen LogP) is 3.07. The molecular formula is C15H12F5N3O2. The maximum Gasteiger partial charge on any atom is 0.471 e. The van der Waals surface area contributed by atoms with Gasteiger partial charge in [0.2, 0.25) is 11.7 Å². The topological polar surface area (TPSA) is 68.0 Å². The van der Waals surface area contributed by atoms with Crippen molar-refractivity contribution < 1.29 is 31.3 Å². The fourth-order valence-corrected chi connectivity index (χ4v) is 2.23. The third kappa shape index (κ3) is 3.94. The van der Waals surface area contributed by atoms with Crippen LogP contribution in [0.15, 0.2) is 28.8 Å². The van der Waals surface area contributed by atoms with Gasteiger partial charge in [-0.25, -0.2) is 8.78 Å². The summed E-state index contributed by atoms with van der Waals surface area (Å²) in [4.78, 5) is 14.7. The zero-order valence-corrected chi connectivity index (χ0v) is 12.6. The molecule has 1 aliphatic carbocycles. The van der Waals surface area contributed by atoms with Gasteiger partial charge in [-0.2, -0.15) is 18.2 Å². The highest BCUT2D eigenvalue weighted by molar-refractivity contribution is 5.82. The van der Waals surface area contributed by atoms with E-state index in [0.29, 0.717) is 12.0 Å². The van der Waals surface area contributed by atoms with E-state index < -0.39 is 36.2 Å². The maximum absolute atomic E-state index is 12.7. The Morgan fingerprint density at radius 1 is 1.28 bits per heavy atom. The van der Waals surface area contributed by atoms with Crippen molar-refractivity contribution in [3.05, 3.63) is 35.7 Å². The zero-order valence-electron chi connectivity index (χ0n) is 12.6. The van der Waals surface area contributed by atoms with Crippen LogP contribution in [0, 0.1) is 5.92 Å². The average Bonchev–Trinajstić information content (AvgIpc) is 2.97. The Bertz CT molecular complexity index is 770. The number of hydrogen-bond acceptors (Lipinski definition) is 4. The first-order valence-corrected chi connectivity index (χ1v) is 7.32. The third-order valence-corrected chi connectivity index (χ3v) is 3.74. The normalized spacial score (nSPS) is 18.8. The van der Waals surface area contributed by atoms with Crippen LogP contribution in [0.4, 0.5) is 22.0 Å². The molecule has 1 heterocycles. The minimum absolute atomic E-state index is 0.186. The van der Waals surface area contributed by atoms with Gasteiger partial charge in [0.25, 0.3) is 5.92 Å². The van der Waals surface area contributed by atoms with Gasteiger partial charge in [-0.1, -0.05) is 29.4 Å². The van der Waals surface area contributed by atoms with E-state index in [9.17, 15) is 26.7 Å². The molecule has 1 saturated carbocycles. The van der Waals surface area contributed by atoms with Crippen molar-refractivity contribution in [2.75, 3.05) is 6.54 Å². The Kier molecular flexibility index (Phi) is 4.21. The molecule has 0 saturated heterocycles. The summed E-state index contributed by atoms with van der Waals surface area (Å²) in [6.07, 6.45) is -4.73. The number of nitrogens with one attached hydrogen (secondary N) is 1. The van der Waals surface area contributed by atoms with E-state index in [1.807, 2.05) is 0 Å². The van der Waals surface area contributed by atoms with Crippen LogP contribution >= 0.6 is 0 Å². The highest BCUT2D eigenvalue weighted by atomic mass is 19.4. The van der Waals surface area contributed by atoms with Gasteiger partial charge in [0.05, 0.1) is 0 Å². The fraction of sp³-hybridized carbons (Fsp3) is 0.400. The van der Waals surface area contributed by atoms with Gasteiger partial charge in [0.1, 0.15) is 5.92 Å². The SMILES string of the molecule is O=C(NCCc1ccc(-c2noc(C(F)(F)F)n2)cc1)C1CC1(F)F. The van der Waals surface area contributed by atoms with Crippen molar-refractivity contribution in [1.29, 1.82) is 0 Å². The monoisotopic (exact) mass is 361 g/mol. The number of halogens is 5. The van der Waals surface area contributed by atoms with Gasteiger partial charge in [-0.05, 0) is 12.0 Å². The molecular weight excluding hydrogens is 349 g/mol. The van der Waals surface area contributed by atoms with Gasteiger partial charge in [-0.3, -0.25) is 4.79 Å². The van der Waals surface area contributed by atoms with Crippen LogP contribution in [-0.2, 0) is 17.4 Å². The van der Waals surface area contributed by atoms with E-state index in [1.54, 1.807) is 12.1 Å². The van der Waals surface area contributed by atoms with Gasteiger partial charge in [0, 0.05) is 18.5 Å². The van der Waals surface area contributed by atoms with Crippen molar-refractivity contribution in [2.24, 2.45) is 5.92 Å². The molecule has 1 fully saturated rings. The predicted molar refractivity (Wildman–Crippen MR) is 74.5 cm³/mol. The maximum atomic E-state index is 12.7. The lowest BCUT2D eigenvalue weighted by Crippen LogP contribution is -2.28. The second-order valence-corrected chi connectivity index (χ2v) is 5.68. The molecule has 3 rings (SSSR count). The molecule has 0 radical (unpaired) electrons. The number of hydrogen-bond donors (Lipinski definition) is 1. The summed E-state index contributed by atoms with van der Waals surface area (Å²) in [5.41, 5.74) is 1.11. The molecule has 1 N–H and O–H groups in total. The largest absolute Gasteiger partial charge is 0.471 e. The molecule has 1 atom stereocenters. The van der Waals surface area contributed by atoms with Gasteiger partial charge < -0.3 is 9.84 Å². The molecule has 0 bridgehead atoms. The fourth-order valence-electron chi connectivity index (χ4n) is 2.23. The number of alkyl halides is 5. The molecule has 0 spiro atoms. The molecule has 1 aromatic heterocycles. The summed E-state index contributed by atoms with van der Waals surface area (Å²) in [5, 5.41) is 5.71. The highest BCUT2D eigenvalue weighted by Crippen LogP contribution is 2.48. The molecule has 1 amide bonds. The Morgan fingerprint density at radius 3 is 2.44 bits per heavy atom. The molecule has 2 aromatic rings. The van der Waals surface area contributed by atoms with Crippen LogP contribution in [0.1, 0.15) is 17.9 Å². The number of aromatic nitrogens is 2. The van der Waals surface area contributed by atoms with Crippen molar-refractivity contribution in [1.82, 2.24) is 15.5 Å². The first-order valence-electron chi connectivity index (χ1n) is 7.32. The summed E-state index contributed by atoms with van der Waals surface area (Å²) in [5.74, 6) is -6.43. The summed E-state index contributed by atoms with van der Waals surface area (Å²) in [7, 11) is 0. The van der Waals surface area contributed by atoms with E-state index in [1.165, 1.54) is 12.1 Å². The Balaban J connectivity index is 1.54. The molecule has 5 nitrogen and oxygen atoms in total. The van der Waals surface area contributed by atoms with Crippen molar-refractivity contribution in [3.63, 3.8) is 0 Å². The molecule has 1 aromatic carbocycles. The van der Waals surface area contributed by atoms with Crippen LogP contribution in [0.3, 0.4) is 0 Å². The standard InChI is InChI=1S/C15H12F5N3O2/c16-14(17)7-10(14)12(24)21-6-5-8-1-3-9(4-2-8)11-22-13(25-23-11)15(18,19)20/h1-4,10H,5-7H2,(H,21,24). The number of nitrogens with zero attached hydrogens (tertiary/aromatic N) is 2. The van der Waals surface area contributed by atoms with Crippen LogP contribution in [0.25, 0.3) is 11.4 Å². The second-order valence-electron chi connectivity index (χ2n) is 5.68. The lowest BCUT2D eigenvalue weighted by atomic mass is 10.1.